The summed E-state index contributed by atoms with van der Waals surface area (Å²) >= 11 is 0. The summed E-state index contributed by atoms with van der Waals surface area (Å²) < 4.78 is 11.8. The molecule has 3 fully saturated rings. The second-order valence-electron chi connectivity index (χ2n) is 15.9. The van der Waals surface area contributed by atoms with E-state index in [4.69, 9.17) is 9.47 Å². The molecule has 0 spiro atoms. The van der Waals surface area contributed by atoms with Crippen LogP contribution in [0.25, 0.3) is 11.3 Å². The van der Waals surface area contributed by atoms with Crippen LogP contribution in [0.2, 0.25) is 0 Å². The molecule has 13 heteroatoms. The molecule has 2 saturated carbocycles. The Hall–Kier alpha value is -5.98. The van der Waals surface area contributed by atoms with E-state index in [1.54, 1.807) is 60.7 Å². The van der Waals surface area contributed by atoms with Gasteiger partial charge in [-0.3, -0.25) is 14.4 Å². The van der Waals surface area contributed by atoms with Gasteiger partial charge in [-0.25, -0.2) is 14.6 Å². The molecular weight excluding hydrogens is 713 g/mol. The predicted molar refractivity (Wildman–Crippen MR) is 207 cm³/mol. The minimum Gasteiger partial charge on any atom is -0.467 e. The SMILES string of the molecule is COC(=O)C(Cn1cnc(-c2ccc(C(=O)N3C[C@@H](C(=O)N[C@H]4C[C@@H]4c4ccccc4)[C@H](C(=O)N[C@H]4C[C@@H]4c4ccccc4)C3)cc2)c1)NC(=O)OC(C)(C)C. The third-order valence-electron chi connectivity index (χ3n) is 10.6. The number of alkyl carbamates (subject to hydrolysis) is 1. The minimum atomic E-state index is -1.02. The van der Waals surface area contributed by atoms with Gasteiger partial charge >= 0.3 is 12.1 Å². The number of ether oxygens (including phenoxy) is 2. The van der Waals surface area contributed by atoms with Crippen molar-refractivity contribution < 1.29 is 33.4 Å². The zero-order valence-electron chi connectivity index (χ0n) is 32.0. The molecule has 3 N–H and O–H groups in total. The van der Waals surface area contributed by atoms with Gasteiger partial charge in [0.25, 0.3) is 5.91 Å². The summed E-state index contributed by atoms with van der Waals surface area (Å²) in [4.78, 5) is 72.4. The number of carbonyl (C=O) groups excluding carboxylic acids is 5. The van der Waals surface area contributed by atoms with Crippen LogP contribution in [-0.2, 0) is 30.4 Å². The van der Waals surface area contributed by atoms with E-state index in [1.165, 1.54) is 24.6 Å². The van der Waals surface area contributed by atoms with E-state index >= 15 is 0 Å². The van der Waals surface area contributed by atoms with Gasteiger partial charge in [0.15, 0.2) is 0 Å². The largest absolute Gasteiger partial charge is 0.467 e. The summed E-state index contributed by atoms with van der Waals surface area (Å²) in [6, 6.07) is 26.1. The fourth-order valence-electron chi connectivity index (χ4n) is 7.48. The lowest BCUT2D eigenvalue weighted by Crippen LogP contribution is -2.46. The second-order valence-corrected chi connectivity index (χ2v) is 15.9. The van der Waals surface area contributed by atoms with Gasteiger partial charge in [-0.2, -0.15) is 0 Å². The molecule has 4 aromatic rings. The van der Waals surface area contributed by atoms with Crippen LogP contribution >= 0.6 is 0 Å². The number of carbonyl (C=O) groups is 5. The molecule has 1 aromatic heterocycles. The number of nitrogens with one attached hydrogen (secondary N) is 3. The lowest BCUT2D eigenvalue weighted by atomic mass is 9.94. The van der Waals surface area contributed by atoms with E-state index in [9.17, 15) is 24.0 Å². The maximum atomic E-state index is 13.9. The Bertz CT molecular complexity index is 1990. The molecule has 1 aliphatic heterocycles. The summed E-state index contributed by atoms with van der Waals surface area (Å²) in [5.74, 6) is -2.23. The molecule has 0 bridgehead atoms. The smallest absolute Gasteiger partial charge is 0.408 e. The second kappa shape index (κ2) is 16.0. The number of esters is 1. The van der Waals surface area contributed by atoms with Crippen molar-refractivity contribution in [1.82, 2.24) is 30.4 Å². The molecule has 2 heterocycles. The Morgan fingerprint density at radius 1 is 0.786 bits per heavy atom. The van der Waals surface area contributed by atoms with E-state index in [2.05, 4.69) is 45.2 Å². The Morgan fingerprint density at radius 3 is 1.82 bits per heavy atom. The van der Waals surface area contributed by atoms with E-state index in [0.29, 0.717) is 11.3 Å². The summed E-state index contributed by atoms with van der Waals surface area (Å²) in [5, 5.41) is 8.91. The van der Waals surface area contributed by atoms with E-state index in [1.807, 2.05) is 36.4 Å². The lowest BCUT2D eigenvalue weighted by molar-refractivity contribution is -0.143. The highest BCUT2D eigenvalue weighted by Gasteiger charge is 2.49. The summed E-state index contributed by atoms with van der Waals surface area (Å²) in [7, 11) is 1.24. The summed E-state index contributed by atoms with van der Waals surface area (Å²) in [6.45, 7) is 5.49. The number of benzene rings is 3. The van der Waals surface area contributed by atoms with E-state index < -0.39 is 35.5 Å². The maximum absolute atomic E-state index is 13.9. The average Bonchev–Trinajstić information content (AvgIpc) is 4.02. The number of hydrogen-bond acceptors (Lipinski definition) is 8. The van der Waals surface area contributed by atoms with Gasteiger partial charge in [0.2, 0.25) is 11.8 Å². The number of hydrogen-bond donors (Lipinski definition) is 3. The van der Waals surface area contributed by atoms with Crippen LogP contribution in [0.15, 0.2) is 97.5 Å². The highest BCUT2D eigenvalue weighted by Crippen LogP contribution is 2.42. The van der Waals surface area contributed by atoms with Gasteiger partial charge in [0.1, 0.15) is 11.6 Å². The van der Waals surface area contributed by atoms with Crippen molar-refractivity contribution in [2.75, 3.05) is 20.2 Å². The van der Waals surface area contributed by atoms with Gasteiger partial charge in [0.05, 0.1) is 37.5 Å². The number of methoxy groups -OCH3 is 1. The van der Waals surface area contributed by atoms with Crippen LogP contribution < -0.4 is 16.0 Å². The standard InChI is InChI=1S/C43H48N6O7/c1-43(2,3)56-42(54)47-37(41(53)55-4)24-48-23-36(44-25-48)28-15-17-29(18-16-28)40(52)49-21-32(38(50)45-34-19-30(34)26-11-7-5-8-12-26)33(22-49)39(51)46-35-20-31(35)27-13-9-6-10-14-27/h5-18,23,25,30-35,37H,19-22,24H2,1-4H3,(H,45,50)(H,46,51)(H,47,54)/t30-,31-,32-,33-,34+,35+,37?/m1/s1. The number of nitrogens with zero attached hydrogens (tertiary/aromatic N) is 3. The zero-order valence-corrected chi connectivity index (χ0v) is 32.0. The predicted octanol–water partition coefficient (Wildman–Crippen LogP) is 4.65. The molecule has 4 amide bonds. The van der Waals surface area contributed by atoms with Crippen molar-refractivity contribution in [3.63, 3.8) is 0 Å². The van der Waals surface area contributed by atoms with Gasteiger partial charge in [-0.05, 0) is 56.9 Å². The van der Waals surface area contributed by atoms with Crippen molar-refractivity contribution in [3.8, 4) is 11.3 Å². The topological polar surface area (TPSA) is 161 Å². The van der Waals surface area contributed by atoms with Crippen LogP contribution in [-0.4, -0.2) is 88.2 Å². The minimum absolute atomic E-state index is 0.00661. The Kier molecular flexibility index (Phi) is 11.0. The first-order valence-electron chi connectivity index (χ1n) is 19.1. The molecule has 56 heavy (non-hydrogen) atoms. The highest BCUT2D eigenvalue weighted by molar-refractivity contribution is 5.97. The first-order valence-corrected chi connectivity index (χ1v) is 19.1. The number of aromatic nitrogens is 2. The quantitative estimate of drug-likeness (QED) is 0.176. The van der Waals surface area contributed by atoms with Gasteiger partial charge < -0.3 is 34.9 Å². The lowest BCUT2D eigenvalue weighted by Gasteiger charge is -2.22. The molecule has 3 aromatic carbocycles. The molecule has 0 radical (unpaired) electrons. The monoisotopic (exact) mass is 760 g/mol. The molecule has 3 aliphatic rings. The average molecular weight is 761 g/mol. The zero-order chi connectivity index (χ0) is 39.6. The fourth-order valence-corrected chi connectivity index (χ4v) is 7.48. The number of amides is 4. The first kappa shape index (κ1) is 38.3. The number of imidazole rings is 1. The summed E-state index contributed by atoms with van der Waals surface area (Å²) in [6.07, 6.45) is 4.19. The van der Waals surface area contributed by atoms with Crippen molar-refractivity contribution >= 4 is 29.8 Å². The molecule has 13 nitrogen and oxygen atoms in total. The van der Waals surface area contributed by atoms with E-state index in [-0.39, 0.29) is 61.3 Å². The molecule has 1 saturated heterocycles. The molecule has 2 aliphatic carbocycles. The Balaban J connectivity index is 1.01. The van der Waals surface area contributed by atoms with Crippen LogP contribution in [0, 0.1) is 11.8 Å². The van der Waals surface area contributed by atoms with E-state index in [0.717, 1.165) is 18.4 Å². The number of likely N-dealkylation sites (tertiary alicyclic amines) is 1. The number of rotatable bonds is 12. The van der Waals surface area contributed by atoms with Crippen LogP contribution in [0.3, 0.4) is 0 Å². The molecule has 292 valence electrons. The third kappa shape index (κ3) is 9.10. The molecule has 7 rings (SSSR count). The van der Waals surface area contributed by atoms with Gasteiger partial charge in [-0.1, -0.05) is 72.8 Å². The van der Waals surface area contributed by atoms with Crippen molar-refractivity contribution in [1.29, 1.82) is 0 Å². The fraction of sp³-hybridized carbons (Fsp3) is 0.395. The third-order valence-corrected chi connectivity index (χ3v) is 10.6. The normalized spacial score (nSPS) is 23.0. The molecular formula is C43H48N6O7. The van der Waals surface area contributed by atoms with Crippen LogP contribution in [0.5, 0.6) is 0 Å². The van der Waals surface area contributed by atoms with Crippen molar-refractivity contribution in [2.45, 2.75) is 75.7 Å². The van der Waals surface area contributed by atoms with Gasteiger partial charge in [0, 0.05) is 54.3 Å². The van der Waals surface area contributed by atoms with Crippen LogP contribution in [0.4, 0.5) is 4.79 Å². The first-order chi connectivity index (χ1) is 26.9. The summed E-state index contributed by atoms with van der Waals surface area (Å²) in [5.41, 5.74) is 3.33. The highest BCUT2D eigenvalue weighted by atomic mass is 16.6. The maximum Gasteiger partial charge on any atom is 0.408 e. The Morgan fingerprint density at radius 2 is 1.32 bits per heavy atom. The molecule has 1 unspecified atom stereocenters. The molecule has 7 atom stereocenters. The van der Waals surface area contributed by atoms with Crippen molar-refractivity contribution in [2.24, 2.45) is 11.8 Å². The van der Waals surface area contributed by atoms with Crippen LogP contribution in [0.1, 0.15) is 66.9 Å². The van der Waals surface area contributed by atoms with Gasteiger partial charge in [-0.15, -0.1) is 0 Å². The van der Waals surface area contributed by atoms with Crippen molar-refractivity contribution in [3.05, 3.63) is 114 Å². The Labute approximate surface area is 326 Å².